The van der Waals surface area contributed by atoms with Crippen LogP contribution >= 0.6 is 0 Å². The molecule has 0 saturated heterocycles. The van der Waals surface area contributed by atoms with E-state index in [2.05, 4.69) is 10.2 Å². The van der Waals surface area contributed by atoms with Crippen molar-refractivity contribution >= 4 is 5.65 Å². The van der Waals surface area contributed by atoms with Gasteiger partial charge in [0.15, 0.2) is 5.65 Å². The molecule has 0 aliphatic rings. The predicted octanol–water partition coefficient (Wildman–Crippen LogP) is 0.230. The Labute approximate surface area is 70.0 Å². The first-order valence-corrected chi connectivity index (χ1v) is 3.90. The van der Waals surface area contributed by atoms with E-state index in [4.69, 9.17) is 5.73 Å². The van der Waals surface area contributed by atoms with Gasteiger partial charge in [0.2, 0.25) is 0 Å². The summed E-state index contributed by atoms with van der Waals surface area (Å²) in [6.45, 7) is 0.607. The van der Waals surface area contributed by atoms with E-state index < -0.39 is 0 Å². The third-order valence-electron chi connectivity index (χ3n) is 1.75. The molecule has 2 N–H and O–H groups in total. The maximum atomic E-state index is 5.43. The van der Waals surface area contributed by atoms with Gasteiger partial charge in [0.25, 0.3) is 0 Å². The molecular formula is C8H10N4. The Kier molecular flexibility index (Phi) is 1.75. The number of hydrogen-bond acceptors (Lipinski definition) is 3. The molecule has 0 saturated carbocycles. The quantitative estimate of drug-likeness (QED) is 0.687. The van der Waals surface area contributed by atoms with Gasteiger partial charge >= 0.3 is 0 Å². The lowest BCUT2D eigenvalue weighted by Crippen LogP contribution is -2.05. The summed E-state index contributed by atoms with van der Waals surface area (Å²) in [5, 5.41) is 8.01. The first kappa shape index (κ1) is 7.24. The Morgan fingerprint density at radius 3 is 3.08 bits per heavy atom. The lowest BCUT2D eigenvalue weighted by Gasteiger charge is -1.94. The van der Waals surface area contributed by atoms with E-state index in [1.54, 1.807) is 0 Å². The van der Waals surface area contributed by atoms with Crippen molar-refractivity contribution in [1.29, 1.82) is 0 Å². The van der Waals surface area contributed by atoms with Gasteiger partial charge in [0.05, 0.1) is 0 Å². The average molecular weight is 162 g/mol. The minimum Gasteiger partial charge on any atom is -0.330 e. The van der Waals surface area contributed by atoms with Crippen molar-refractivity contribution < 1.29 is 0 Å². The number of hydrogen-bond donors (Lipinski definition) is 1. The van der Waals surface area contributed by atoms with Gasteiger partial charge in [0.1, 0.15) is 5.82 Å². The van der Waals surface area contributed by atoms with Crippen molar-refractivity contribution in [2.45, 2.75) is 6.42 Å². The van der Waals surface area contributed by atoms with E-state index in [1.807, 2.05) is 28.8 Å². The van der Waals surface area contributed by atoms with Crippen LogP contribution in [0, 0.1) is 0 Å². The Hall–Kier alpha value is -1.42. The lowest BCUT2D eigenvalue weighted by atomic mass is 10.4. The molecule has 0 aliphatic carbocycles. The molecule has 0 atom stereocenters. The van der Waals surface area contributed by atoms with Gasteiger partial charge < -0.3 is 5.73 Å². The van der Waals surface area contributed by atoms with E-state index in [0.29, 0.717) is 6.54 Å². The van der Waals surface area contributed by atoms with Gasteiger partial charge in [-0.15, -0.1) is 10.2 Å². The van der Waals surface area contributed by atoms with E-state index in [1.165, 1.54) is 0 Å². The zero-order valence-corrected chi connectivity index (χ0v) is 6.64. The third kappa shape index (κ3) is 1.06. The normalized spacial score (nSPS) is 10.8. The second-order valence-electron chi connectivity index (χ2n) is 2.58. The monoisotopic (exact) mass is 162 g/mol. The fourth-order valence-corrected chi connectivity index (χ4v) is 1.19. The SMILES string of the molecule is NCCc1nnc2ccccn12. The van der Waals surface area contributed by atoms with Crippen molar-refractivity contribution in [3.05, 3.63) is 30.2 Å². The highest BCUT2D eigenvalue weighted by Crippen LogP contribution is 2.02. The molecule has 2 heterocycles. The van der Waals surface area contributed by atoms with Crippen LogP contribution < -0.4 is 5.73 Å². The smallest absolute Gasteiger partial charge is 0.160 e. The van der Waals surface area contributed by atoms with E-state index in [-0.39, 0.29) is 0 Å². The van der Waals surface area contributed by atoms with E-state index >= 15 is 0 Å². The minimum absolute atomic E-state index is 0.607. The molecule has 0 radical (unpaired) electrons. The zero-order chi connectivity index (χ0) is 8.39. The molecule has 0 spiro atoms. The molecule has 2 aromatic rings. The molecule has 0 aromatic carbocycles. The Bertz CT molecular complexity index is 379. The van der Waals surface area contributed by atoms with Gasteiger partial charge in [0, 0.05) is 12.6 Å². The Morgan fingerprint density at radius 2 is 2.25 bits per heavy atom. The van der Waals surface area contributed by atoms with E-state index in [9.17, 15) is 0 Å². The van der Waals surface area contributed by atoms with Crippen LogP contribution in [0.1, 0.15) is 5.82 Å². The minimum atomic E-state index is 0.607. The highest BCUT2D eigenvalue weighted by molar-refractivity contribution is 5.36. The number of aromatic nitrogens is 3. The number of rotatable bonds is 2. The van der Waals surface area contributed by atoms with Gasteiger partial charge in [-0.2, -0.15) is 0 Å². The second kappa shape index (κ2) is 2.91. The van der Waals surface area contributed by atoms with Crippen molar-refractivity contribution in [2.75, 3.05) is 6.54 Å². The molecule has 0 bridgehead atoms. The number of nitrogens with two attached hydrogens (primary N) is 1. The standard InChI is InChI=1S/C8H10N4/c9-5-4-8-11-10-7-3-1-2-6-12(7)8/h1-3,6H,4-5,9H2. The van der Waals surface area contributed by atoms with E-state index in [0.717, 1.165) is 17.9 Å². The zero-order valence-electron chi connectivity index (χ0n) is 6.64. The highest BCUT2D eigenvalue weighted by atomic mass is 15.2. The summed E-state index contributed by atoms with van der Waals surface area (Å²) in [7, 11) is 0. The van der Waals surface area contributed by atoms with Crippen LogP contribution in [0.4, 0.5) is 0 Å². The van der Waals surface area contributed by atoms with Crippen molar-refractivity contribution in [3.8, 4) is 0 Å². The summed E-state index contributed by atoms with van der Waals surface area (Å²) in [5.74, 6) is 0.924. The lowest BCUT2D eigenvalue weighted by molar-refractivity contribution is 0.848. The van der Waals surface area contributed by atoms with Crippen LogP contribution in [0.2, 0.25) is 0 Å². The summed E-state index contributed by atoms with van der Waals surface area (Å²) >= 11 is 0. The summed E-state index contributed by atoms with van der Waals surface area (Å²) in [5.41, 5.74) is 6.31. The van der Waals surface area contributed by atoms with Gasteiger partial charge in [-0.25, -0.2) is 0 Å². The maximum absolute atomic E-state index is 5.43. The Balaban J connectivity index is 2.55. The molecule has 2 aromatic heterocycles. The van der Waals surface area contributed by atoms with Crippen LogP contribution in [-0.4, -0.2) is 21.1 Å². The van der Waals surface area contributed by atoms with Gasteiger partial charge in [-0.05, 0) is 18.7 Å². The average Bonchev–Trinajstić information content (AvgIpc) is 2.50. The number of nitrogens with zero attached hydrogens (tertiary/aromatic N) is 3. The van der Waals surface area contributed by atoms with Gasteiger partial charge in [-0.3, -0.25) is 4.40 Å². The molecule has 0 unspecified atom stereocenters. The molecular weight excluding hydrogens is 152 g/mol. The maximum Gasteiger partial charge on any atom is 0.160 e. The molecule has 0 amide bonds. The van der Waals surface area contributed by atoms with Gasteiger partial charge in [-0.1, -0.05) is 6.07 Å². The molecule has 0 aliphatic heterocycles. The predicted molar refractivity (Wildman–Crippen MR) is 45.7 cm³/mol. The molecule has 62 valence electrons. The topological polar surface area (TPSA) is 56.2 Å². The molecule has 0 fully saturated rings. The summed E-state index contributed by atoms with van der Waals surface area (Å²) in [6.07, 6.45) is 2.71. The summed E-state index contributed by atoms with van der Waals surface area (Å²) in [4.78, 5) is 0. The molecule has 4 nitrogen and oxygen atoms in total. The summed E-state index contributed by atoms with van der Waals surface area (Å²) in [6, 6.07) is 5.82. The second-order valence-corrected chi connectivity index (χ2v) is 2.58. The van der Waals surface area contributed by atoms with Crippen LogP contribution in [-0.2, 0) is 6.42 Å². The van der Waals surface area contributed by atoms with Crippen LogP contribution in [0.5, 0.6) is 0 Å². The Morgan fingerprint density at radius 1 is 1.33 bits per heavy atom. The number of fused-ring (bicyclic) bond motifs is 1. The first-order valence-electron chi connectivity index (χ1n) is 3.90. The molecule has 4 heteroatoms. The van der Waals surface area contributed by atoms with Crippen LogP contribution in [0.25, 0.3) is 5.65 Å². The van der Waals surface area contributed by atoms with Crippen molar-refractivity contribution in [2.24, 2.45) is 5.73 Å². The highest BCUT2D eigenvalue weighted by Gasteiger charge is 2.01. The molecule has 12 heavy (non-hydrogen) atoms. The van der Waals surface area contributed by atoms with Crippen LogP contribution in [0.3, 0.4) is 0 Å². The fourth-order valence-electron chi connectivity index (χ4n) is 1.19. The van der Waals surface area contributed by atoms with Crippen LogP contribution in [0.15, 0.2) is 24.4 Å². The van der Waals surface area contributed by atoms with Crippen molar-refractivity contribution in [3.63, 3.8) is 0 Å². The summed E-state index contributed by atoms with van der Waals surface area (Å²) < 4.78 is 1.95. The largest absolute Gasteiger partial charge is 0.330 e. The number of pyridine rings is 1. The fraction of sp³-hybridized carbons (Fsp3) is 0.250. The third-order valence-corrected chi connectivity index (χ3v) is 1.75. The first-order chi connectivity index (χ1) is 5.92. The molecule has 2 rings (SSSR count). The van der Waals surface area contributed by atoms with Crippen molar-refractivity contribution in [1.82, 2.24) is 14.6 Å².